The predicted octanol–water partition coefficient (Wildman–Crippen LogP) is 3.20. The number of rotatable bonds is 8. The number of aromatic nitrogens is 2. The highest BCUT2D eigenvalue weighted by Gasteiger charge is 2.14. The van der Waals surface area contributed by atoms with Crippen LogP contribution in [0.4, 0.5) is 0 Å². The second-order valence-electron chi connectivity index (χ2n) is 7.01. The number of hydrogen-bond acceptors (Lipinski definition) is 6. The molecule has 2 aromatic carbocycles. The largest absolute Gasteiger partial charge is 0.493 e. The summed E-state index contributed by atoms with van der Waals surface area (Å²) in [5.41, 5.74) is 2.99. The third-order valence-corrected chi connectivity index (χ3v) is 4.66. The van der Waals surface area contributed by atoms with E-state index in [1.807, 2.05) is 48.7 Å². The van der Waals surface area contributed by atoms with E-state index in [1.54, 1.807) is 45.1 Å². The minimum Gasteiger partial charge on any atom is -0.493 e. The Hall–Kier alpha value is -4.07. The zero-order chi connectivity index (χ0) is 23.1. The van der Waals surface area contributed by atoms with Gasteiger partial charge in [-0.1, -0.05) is 18.2 Å². The van der Waals surface area contributed by atoms with Crippen molar-refractivity contribution < 1.29 is 23.8 Å². The Morgan fingerprint density at radius 3 is 2.41 bits per heavy atom. The molecule has 0 N–H and O–H groups in total. The fourth-order valence-corrected chi connectivity index (χ4v) is 2.90. The molecule has 166 valence electrons. The monoisotopic (exact) mass is 435 g/mol. The minimum absolute atomic E-state index is 0.297. The molecular weight excluding hydrogens is 410 g/mol. The summed E-state index contributed by atoms with van der Waals surface area (Å²) in [5, 5.41) is 4.71. The van der Waals surface area contributed by atoms with Crippen LogP contribution in [-0.4, -0.2) is 61.5 Å². The first-order valence-electron chi connectivity index (χ1n) is 9.85. The third-order valence-electron chi connectivity index (χ3n) is 4.66. The van der Waals surface area contributed by atoms with Crippen LogP contribution in [0.3, 0.4) is 0 Å². The van der Waals surface area contributed by atoms with Gasteiger partial charge in [-0.05, 0) is 36.4 Å². The number of carbonyl (C=O) groups excluding carboxylic acids is 2. The molecule has 0 aliphatic rings. The molecule has 32 heavy (non-hydrogen) atoms. The lowest BCUT2D eigenvalue weighted by molar-refractivity contribution is -0.146. The van der Waals surface area contributed by atoms with Crippen LogP contribution >= 0.6 is 0 Å². The summed E-state index contributed by atoms with van der Waals surface area (Å²) < 4.78 is 17.5. The maximum atomic E-state index is 12.1. The topological polar surface area (TPSA) is 82.9 Å². The molecule has 3 aromatic rings. The molecule has 0 spiro atoms. The zero-order valence-electron chi connectivity index (χ0n) is 18.4. The molecule has 1 amide bonds. The van der Waals surface area contributed by atoms with E-state index in [-0.39, 0.29) is 12.5 Å². The smallest absolute Gasteiger partial charge is 0.331 e. The van der Waals surface area contributed by atoms with Crippen molar-refractivity contribution >= 4 is 18.0 Å². The summed E-state index contributed by atoms with van der Waals surface area (Å²) in [7, 11) is 6.33. The summed E-state index contributed by atoms with van der Waals surface area (Å²) in [4.78, 5) is 25.1. The predicted molar refractivity (Wildman–Crippen MR) is 121 cm³/mol. The summed E-state index contributed by atoms with van der Waals surface area (Å²) in [5.74, 6) is 0.251. The molecule has 0 radical (unpaired) electrons. The molecule has 0 fully saturated rings. The van der Waals surface area contributed by atoms with Crippen LogP contribution in [0.2, 0.25) is 0 Å². The molecule has 0 aliphatic carbocycles. The van der Waals surface area contributed by atoms with E-state index in [0.717, 1.165) is 11.3 Å². The first-order valence-corrected chi connectivity index (χ1v) is 9.85. The van der Waals surface area contributed by atoms with Gasteiger partial charge in [0.05, 0.1) is 19.9 Å². The molecular formula is C24H25N3O5. The Morgan fingerprint density at radius 1 is 1.03 bits per heavy atom. The number of esters is 1. The molecule has 1 aromatic heterocycles. The van der Waals surface area contributed by atoms with Gasteiger partial charge in [0.2, 0.25) is 0 Å². The van der Waals surface area contributed by atoms with E-state index in [4.69, 9.17) is 19.3 Å². The van der Waals surface area contributed by atoms with Crippen molar-refractivity contribution in [1.29, 1.82) is 0 Å². The van der Waals surface area contributed by atoms with Crippen LogP contribution in [0, 0.1) is 0 Å². The van der Waals surface area contributed by atoms with Gasteiger partial charge in [-0.2, -0.15) is 5.10 Å². The minimum atomic E-state index is -0.620. The number of likely N-dealkylation sites (N-methyl/N-ethyl adjacent to an activating group) is 1. The lowest BCUT2D eigenvalue weighted by Crippen LogP contribution is -2.27. The highest BCUT2D eigenvalue weighted by Crippen LogP contribution is 2.33. The molecule has 3 rings (SSSR count). The molecule has 8 nitrogen and oxygen atoms in total. The second-order valence-corrected chi connectivity index (χ2v) is 7.01. The maximum Gasteiger partial charge on any atom is 0.331 e. The van der Waals surface area contributed by atoms with Gasteiger partial charge < -0.3 is 19.1 Å². The van der Waals surface area contributed by atoms with E-state index < -0.39 is 5.97 Å². The van der Waals surface area contributed by atoms with Crippen LogP contribution in [-0.2, 0) is 14.3 Å². The first-order chi connectivity index (χ1) is 15.4. The van der Waals surface area contributed by atoms with Crippen LogP contribution in [0.25, 0.3) is 23.0 Å². The number of nitrogens with zero attached hydrogens (tertiary/aromatic N) is 3. The molecule has 0 saturated heterocycles. The number of benzene rings is 2. The summed E-state index contributed by atoms with van der Waals surface area (Å²) >= 11 is 0. The van der Waals surface area contributed by atoms with Gasteiger partial charge in [-0.3, -0.25) is 4.79 Å². The van der Waals surface area contributed by atoms with E-state index >= 15 is 0 Å². The molecule has 8 heteroatoms. The van der Waals surface area contributed by atoms with Gasteiger partial charge in [-0.25, -0.2) is 9.48 Å². The van der Waals surface area contributed by atoms with E-state index in [2.05, 4.69) is 0 Å². The first kappa shape index (κ1) is 22.6. The lowest BCUT2D eigenvalue weighted by atomic mass is 10.1. The van der Waals surface area contributed by atoms with Crippen molar-refractivity contribution in [3.8, 4) is 28.4 Å². The fraction of sp³-hybridized carbons (Fsp3) is 0.208. The zero-order valence-corrected chi connectivity index (χ0v) is 18.4. The number of amides is 1. The summed E-state index contributed by atoms with van der Waals surface area (Å²) in [6, 6.07) is 15.1. The van der Waals surface area contributed by atoms with Crippen molar-refractivity contribution in [3.63, 3.8) is 0 Å². The number of carbonyl (C=O) groups is 2. The quantitative estimate of drug-likeness (QED) is 0.399. The highest BCUT2D eigenvalue weighted by atomic mass is 16.5. The Balaban J connectivity index is 1.95. The number of methoxy groups -OCH3 is 2. The fourth-order valence-electron chi connectivity index (χ4n) is 2.90. The molecule has 0 aliphatic heterocycles. The van der Waals surface area contributed by atoms with Crippen LogP contribution in [0.15, 0.2) is 60.8 Å². The van der Waals surface area contributed by atoms with Crippen molar-refractivity contribution in [1.82, 2.24) is 14.7 Å². The molecule has 0 saturated carbocycles. The molecule has 1 heterocycles. The van der Waals surface area contributed by atoms with E-state index in [0.29, 0.717) is 22.8 Å². The highest BCUT2D eigenvalue weighted by molar-refractivity contribution is 5.90. The Labute approximate surface area is 186 Å². The van der Waals surface area contributed by atoms with Gasteiger partial charge in [0.25, 0.3) is 5.91 Å². The number of para-hydroxylation sites is 1. The van der Waals surface area contributed by atoms with Crippen molar-refractivity contribution in [3.05, 3.63) is 66.4 Å². The number of ether oxygens (including phenoxy) is 3. The molecule has 0 unspecified atom stereocenters. The van der Waals surface area contributed by atoms with E-state index in [1.165, 1.54) is 11.0 Å². The average Bonchev–Trinajstić information content (AvgIpc) is 3.25. The second kappa shape index (κ2) is 10.3. The summed E-state index contributed by atoms with van der Waals surface area (Å²) in [6.07, 6.45) is 4.70. The van der Waals surface area contributed by atoms with Gasteiger partial charge in [0.15, 0.2) is 18.1 Å². The molecule has 0 atom stereocenters. The SMILES string of the molecule is COc1ccc(-c2nn(-c3ccccc3)cc2/C=C/C(=O)OCC(=O)N(C)C)cc1OC. The lowest BCUT2D eigenvalue weighted by Gasteiger charge is -2.09. The van der Waals surface area contributed by atoms with E-state index in [9.17, 15) is 9.59 Å². The maximum absolute atomic E-state index is 12.1. The Morgan fingerprint density at radius 2 is 1.75 bits per heavy atom. The molecule has 0 bridgehead atoms. The Kier molecular flexibility index (Phi) is 7.28. The van der Waals surface area contributed by atoms with Crippen LogP contribution in [0.5, 0.6) is 11.5 Å². The Bertz CT molecular complexity index is 1120. The number of hydrogen-bond donors (Lipinski definition) is 0. The van der Waals surface area contributed by atoms with Crippen molar-refractivity contribution in [2.75, 3.05) is 34.9 Å². The van der Waals surface area contributed by atoms with Crippen LogP contribution in [0.1, 0.15) is 5.56 Å². The van der Waals surface area contributed by atoms with Crippen molar-refractivity contribution in [2.24, 2.45) is 0 Å². The standard InChI is InChI=1S/C24H25N3O5/c1-26(2)22(28)16-32-23(29)13-11-18-15-27(19-8-6-5-7-9-19)25-24(18)17-10-12-20(30-3)21(14-17)31-4/h5-15H,16H2,1-4H3/b13-11+. The average molecular weight is 435 g/mol. The van der Waals surface area contributed by atoms with Gasteiger partial charge in [0.1, 0.15) is 5.69 Å². The van der Waals surface area contributed by atoms with Gasteiger partial charge in [0, 0.05) is 37.5 Å². The van der Waals surface area contributed by atoms with Gasteiger partial charge in [-0.15, -0.1) is 0 Å². The van der Waals surface area contributed by atoms with Crippen molar-refractivity contribution in [2.45, 2.75) is 0 Å². The summed E-state index contributed by atoms with van der Waals surface area (Å²) in [6.45, 7) is -0.317. The van der Waals surface area contributed by atoms with Crippen LogP contribution < -0.4 is 9.47 Å². The third kappa shape index (κ3) is 5.34. The normalized spacial score (nSPS) is 10.8. The van der Waals surface area contributed by atoms with Gasteiger partial charge >= 0.3 is 5.97 Å².